The number of rotatable bonds is 4. The van der Waals surface area contributed by atoms with Gasteiger partial charge < -0.3 is 0 Å². The van der Waals surface area contributed by atoms with Crippen molar-refractivity contribution >= 4 is 11.6 Å². The molecule has 0 saturated carbocycles. The van der Waals surface area contributed by atoms with Crippen LogP contribution in [0, 0.1) is 22.7 Å². The first-order valence-electron chi connectivity index (χ1n) is 4.42. The van der Waals surface area contributed by atoms with Gasteiger partial charge in [0.25, 0.3) is 0 Å². The lowest BCUT2D eigenvalue weighted by molar-refractivity contribution is 0.903. The van der Waals surface area contributed by atoms with Crippen molar-refractivity contribution in [1.29, 1.82) is 10.5 Å². The summed E-state index contributed by atoms with van der Waals surface area (Å²) in [5.41, 5.74) is 1.66. The van der Waals surface area contributed by atoms with Crippen LogP contribution in [0.2, 0.25) is 0 Å². The van der Waals surface area contributed by atoms with Gasteiger partial charge in [-0.05, 0) is 30.9 Å². The number of halogens is 1. The quantitative estimate of drug-likeness (QED) is 0.404. The van der Waals surface area contributed by atoms with E-state index in [1.807, 2.05) is 26.0 Å². The average Bonchev–Trinajstić information content (AvgIpc) is 2.12. The summed E-state index contributed by atoms with van der Waals surface area (Å²) in [6.45, 7) is 7.59. The summed E-state index contributed by atoms with van der Waals surface area (Å²) in [6.07, 6.45) is 1.25. The molecule has 0 aliphatic carbocycles. The smallest absolute Gasteiger partial charge is 0.133 e. The normalized spacial score (nSPS) is 10.9. The molecule has 0 saturated heterocycles. The lowest BCUT2D eigenvalue weighted by atomic mass is 9.96. The first kappa shape index (κ1) is 12.8. The average molecular weight is 209 g/mol. The van der Waals surface area contributed by atoms with Gasteiger partial charge in [0, 0.05) is 5.38 Å². The Hall–Kier alpha value is -1.25. The van der Waals surface area contributed by atoms with Crippen molar-refractivity contribution in [3.63, 3.8) is 0 Å². The lowest BCUT2D eigenvalue weighted by Crippen LogP contribution is -1.98. The highest BCUT2D eigenvalue weighted by Gasteiger charge is 2.10. The van der Waals surface area contributed by atoms with E-state index in [2.05, 4.69) is 6.58 Å². The van der Waals surface area contributed by atoms with E-state index in [9.17, 15) is 0 Å². The van der Waals surface area contributed by atoms with Crippen molar-refractivity contribution in [2.75, 3.05) is 0 Å². The minimum atomic E-state index is -0.0253. The molecule has 74 valence electrons. The van der Waals surface area contributed by atoms with E-state index in [4.69, 9.17) is 22.1 Å². The summed E-state index contributed by atoms with van der Waals surface area (Å²) >= 11 is 5.82. The third-order valence-electron chi connectivity index (χ3n) is 1.83. The van der Waals surface area contributed by atoms with E-state index in [1.54, 1.807) is 0 Å². The Morgan fingerprint density at radius 3 is 2.21 bits per heavy atom. The van der Waals surface area contributed by atoms with Crippen molar-refractivity contribution in [3.05, 3.63) is 23.3 Å². The van der Waals surface area contributed by atoms with Gasteiger partial charge in [0.15, 0.2) is 0 Å². The van der Waals surface area contributed by atoms with E-state index in [0.717, 1.165) is 11.1 Å². The van der Waals surface area contributed by atoms with Crippen LogP contribution >= 0.6 is 11.6 Å². The van der Waals surface area contributed by atoms with Crippen LogP contribution in [0.3, 0.4) is 0 Å². The van der Waals surface area contributed by atoms with Crippen molar-refractivity contribution in [2.45, 2.75) is 32.1 Å². The van der Waals surface area contributed by atoms with Gasteiger partial charge in [-0.1, -0.05) is 13.5 Å². The van der Waals surface area contributed by atoms with Gasteiger partial charge in [-0.25, -0.2) is 0 Å². The summed E-state index contributed by atoms with van der Waals surface area (Å²) in [6, 6.07) is 3.74. The number of nitrogens with zero attached hydrogens (tertiary/aromatic N) is 2. The number of allylic oxidation sites excluding steroid dienone is 3. The maximum absolute atomic E-state index is 8.71. The molecule has 0 heterocycles. The summed E-state index contributed by atoms with van der Waals surface area (Å²) in [7, 11) is 0. The Labute approximate surface area is 90.1 Å². The first-order valence-corrected chi connectivity index (χ1v) is 4.86. The molecular formula is C11H13ClN2. The fourth-order valence-electron chi connectivity index (χ4n) is 1.23. The molecule has 14 heavy (non-hydrogen) atoms. The molecule has 0 amide bonds. The van der Waals surface area contributed by atoms with Crippen molar-refractivity contribution in [2.24, 2.45) is 0 Å². The predicted molar refractivity (Wildman–Crippen MR) is 57.6 cm³/mol. The van der Waals surface area contributed by atoms with E-state index in [1.165, 1.54) is 0 Å². The molecule has 1 atom stereocenters. The van der Waals surface area contributed by atoms with Crippen LogP contribution in [-0.2, 0) is 0 Å². The number of hydrogen-bond acceptors (Lipinski definition) is 2. The van der Waals surface area contributed by atoms with E-state index in [0.29, 0.717) is 12.8 Å². The fourth-order valence-corrected chi connectivity index (χ4v) is 1.41. The van der Waals surface area contributed by atoms with Gasteiger partial charge in [0.05, 0.1) is 0 Å². The zero-order valence-electron chi connectivity index (χ0n) is 8.47. The summed E-state index contributed by atoms with van der Waals surface area (Å²) in [5.74, 6) is 0. The molecule has 0 aliphatic heterocycles. The Morgan fingerprint density at radius 2 is 1.93 bits per heavy atom. The van der Waals surface area contributed by atoms with Crippen LogP contribution in [0.25, 0.3) is 0 Å². The fraction of sp³-hybridized carbons (Fsp3) is 0.455. The largest absolute Gasteiger partial charge is 0.192 e. The van der Waals surface area contributed by atoms with Crippen molar-refractivity contribution in [3.8, 4) is 12.1 Å². The minimum Gasteiger partial charge on any atom is -0.192 e. The van der Waals surface area contributed by atoms with Gasteiger partial charge in [0.1, 0.15) is 17.7 Å². The molecule has 3 heteroatoms. The number of nitriles is 2. The summed E-state index contributed by atoms with van der Waals surface area (Å²) in [5, 5.41) is 17.4. The minimum absolute atomic E-state index is 0.0253. The van der Waals surface area contributed by atoms with Crippen LogP contribution in [-0.4, -0.2) is 5.38 Å². The van der Waals surface area contributed by atoms with Gasteiger partial charge in [-0.3, -0.25) is 0 Å². The molecule has 0 N–H and O–H groups in total. The topological polar surface area (TPSA) is 47.6 Å². The molecule has 0 rings (SSSR count). The van der Waals surface area contributed by atoms with Gasteiger partial charge in [-0.2, -0.15) is 10.5 Å². The molecule has 0 aliphatic rings. The lowest BCUT2D eigenvalue weighted by Gasteiger charge is -2.09. The van der Waals surface area contributed by atoms with Gasteiger partial charge >= 0.3 is 0 Å². The van der Waals surface area contributed by atoms with Crippen LogP contribution in [0.1, 0.15) is 26.7 Å². The Bertz CT molecular complexity index is 310. The first-order chi connectivity index (χ1) is 6.56. The molecule has 0 bridgehead atoms. The van der Waals surface area contributed by atoms with Gasteiger partial charge in [0.2, 0.25) is 0 Å². The van der Waals surface area contributed by atoms with Crippen LogP contribution < -0.4 is 0 Å². The second-order valence-electron chi connectivity index (χ2n) is 3.02. The summed E-state index contributed by atoms with van der Waals surface area (Å²) < 4.78 is 0. The van der Waals surface area contributed by atoms with E-state index < -0.39 is 0 Å². The zero-order chi connectivity index (χ0) is 11.1. The van der Waals surface area contributed by atoms with Crippen LogP contribution in [0.5, 0.6) is 0 Å². The second-order valence-corrected chi connectivity index (χ2v) is 3.76. The van der Waals surface area contributed by atoms with E-state index >= 15 is 0 Å². The molecule has 0 aromatic carbocycles. The highest BCUT2D eigenvalue weighted by molar-refractivity contribution is 6.20. The Balaban J connectivity index is 4.93. The van der Waals surface area contributed by atoms with Crippen molar-refractivity contribution < 1.29 is 0 Å². The molecule has 2 nitrogen and oxygen atoms in total. The highest BCUT2D eigenvalue weighted by Crippen LogP contribution is 2.22. The standard InChI is InChI=1S/C11H13ClN2/c1-4-11(10(6-13)7-14)8(2)5-9(3)12/h9H,2,4-5H2,1,3H3. The number of alkyl halides is 1. The predicted octanol–water partition coefficient (Wildman–Crippen LogP) is 3.31. The second kappa shape index (κ2) is 6.24. The molecular weight excluding hydrogens is 196 g/mol. The molecule has 0 aromatic heterocycles. The molecule has 1 unspecified atom stereocenters. The zero-order valence-corrected chi connectivity index (χ0v) is 9.23. The third-order valence-corrected chi connectivity index (χ3v) is 1.99. The van der Waals surface area contributed by atoms with Crippen molar-refractivity contribution in [1.82, 2.24) is 0 Å². The van der Waals surface area contributed by atoms with Gasteiger partial charge in [-0.15, -0.1) is 11.6 Å². The SMILES string of the molecule is C=C(CC(C)Cl)C(CC)=C(C#N)C#N. The number of hydrogen-bond donors (Lipinski definition) is 0. The van der Waals surface area contributed by atoms with Crippen LogP contribution in [0.4, 0.5) is 0 Å². The maximum atomic E-state index is 8.71. The molecule has 0 aromatic rings. The summed E-state index contributed by atoms with van der Waals surface area (Å²) in [4.78, 5) is 0. The molecule has 0 radical (unpaired) electrons. The monoisotopic (exact) mass is 208 g/mol. The van der Waals surface area contributed by atoms with E-state index in [-0.39, 0.29) is 11.0 Å². The Kier molecular flexibility index (Phi) is 5.68. The Morgan fingerprint density at radius 1 is 1.43 bits per heavy atom. The third kappa shape index (κ3) is 3.64. The van der Waals surface area contributed by atoms with Crippen LogP contribution in [0.15, 0.2) is 23.3 Å². The molecule has 0 spiro atoms. The highest BCUT2D eigenvalue weighted by atomic mass is 35.5. The maximum Gasteiger partial charge on any atom is 0.133 e. The molecule has 0 fully saturated rings.